The highest BCUT2D eigenvalue weighted by Gasteiger charge is 2.17. The highest BCUT2D eigenvalue weighted by molar-refractivity contribution is 7.99. The zero-order chi connectivity index (χ0) is 24.5. The van der Waals surface area contributed by atoms with Gasteiger partial charge in [-0.05, 0) is 36.4 Å². The van der Waals surface area contributed by atoms with Crippen molar-refractivity contribution in [2.75, 3.05) is 12.4 Å². The molecule has 174 valence electrons. The van der Waals surface area contributed by atoms with Crippen LogP contribution in [0.4, 0.5) is 0 Å². The maximum absolute atomic E-state index is 12.3. The smallest absolute Gasteiger partial charge is 0.276 e. The number of amides is 2. The van der Waals surface area contributed by atoms with Crippen LogP contribution in [0.5, 0.6) is 5.75 Å². The van der Waals surface area contributed by atoms with Crippen LogP contribution in [0, 0.1) is 11.3 Å². The zero-order valence-electron chi connectivity index (χ0n) is 18.3. The van der Waals surface area contributed by atoms with Gasteiger partial charge in [0.2, 0.25) is 5.91 Å². The lowest BCUT2D eigenvalue weighted by atomic mass is 10.2. The number of carbonyl (C=O) groups is 2. The van der Waals surface area contributed by atoms with E-state index >= 15 is 0 Å². The standard InChI is InChI=1S/C24H19N7O3S/c25-13-17-7-4-5-11-20(17)34-15-21(32)27-28-22(33)16-35-24-30-29-23(18-8-6-12-26-14-18)31(24)19-9-2-1-3-10-19/h1-12,14H,15-16H2,(H,27,32)(H,28,33). The van der Waals surface area contributed by atoms with Gasteiger partial charge in [0.1, 0.15) is 11.8 Å². The van der Waals surface area contributed by atoms with Crippen molar-refractivity contribution in [2.24, 2.45) is 0 Å². The number of hydrogen-bond acceptors (Lipinski definition) is 8. The SMILES string of the molecule is N#Cc1ccccc1OCC(=O)NNC(=O)CSc1nnc(-c2cccnc2)n1-c1ccccc1. The largest absolute Gasteiger partial charge is 0.482 e. The van der Waals surface area contributed by atoms with Gasteiger partial charge in [-0.2, -0.15) is 5.26 Å². The summed E-state index contributed by atoms with van der Waals surface area (Å²) >= 11 is 1.17. The highest BCUT2D eigenvalue weighted by atomic mass is 32.2. The number of hydrogen-bond donors (Lipinski definition) is 2. The average molecular weight is 486 g/mol. The second-order valence-corrected chi connectivity index (χ2v) is 7.94. The number of hydrazine groups is 1. The number of para-hydroxylation sites is 2. The summed E-state index contributed by atoms with van der Waals surface area (Å²) in [5.41, 5.74) is 6.57. The predicted molar refractivity (Wildman–Crippen MR) is 128 cm³/mol. The molecule has 2 N–H and O–H groups in total. The maximum atomic E-state index is 12.3. The Morgan fingerprint density at radius 2 is 1.74 bits per heavy atom. The summed E-state index contributed by atoms with van der Waals surface area (Å²) < 4.78 is 7.18. The predicted octanol–water partition coefficient (Wildman–Crippen LogP) is 2.52. The fourth-order valence-electron chi connectivity index (χ4n) is 3.03. The summed E-state index contributed by atoms with van der Waals surface area (Å²) in [4.78, 5) is 28.5. The van der Waals surface area contributed by atoms with Crippen molar-refractivity contribution in [3.8, 4) is 28.9 Å². The first-order valence-corrected chi connectivity index (χ1v) is 11.4. The molecule has 2 aromatic heterocycles. The number of nitrogens with zero attached hydrogens (tertiary/aromatic N) is 5. The van der Waals surface area contributed by atoms with Gasteiger partial charge in [0.25, 0.3) is 5.91 Å². The van der Waals surface area contributed by atoms with Crippen LogP contribution in [0.15, 0.2) is 84.3 Å². The van der Waals surface area contributed by atoms with Crippen LogP contribution in [0.1, 0.15) is 5.56 Å². The molecule has 35 heavy (non-hydrogen) atoms. The molecule has 0 saturated heterocycles. The van der Waals surface area contributed by atoms with Crippen LogP contribution in [0.25, 0.3) is 17.1 Å². The van der Waals surface area contributed by atoms with E-state index in [4.69, 9.17) is 10.00 Å². The lowest BCUT2D eigenvalue weighted by Gasteiger charge is -2.11. The molecule has 0 fully saturated rings. The molecule has 10 nitrogen and oxygen atoms in total. The minimum Gasteiger partial charge on any atom is -0.482 e. The Kier molecular flexibility index (Phi) is 7.67. The molecular weight excluding hydrogens is 466 g/mol. The topological polar surface area (TPSA) is 135 Å². The summed E-state index contributed by atoms with van der Waals surface area (Å²) in [7, 11) is 0. The maximum Gasteiger partial charge on any atom is 0.276 e. The number of pyridine rings is 1. The van der Waals surface area contributed by atoms with E-state index in [-0.39, 0.29) is 18.1 Å². The van der Waals surface area contributed by atoms with E-state index < -0.39 is 11.8 Å². The molecule has 0 radical (unpaired) electrons. The van der Waals surface area contributed by atoms with Crippen molar-refractivity contribution in [1.29, 1.82) is 5.26 Å². The van der Waals surface area contributed by atoms with Gasteiger partial charge in [-0.1, -0.05) is 42.1 Å². The number of ether oxygens (including phenoxy) is 1. The van der Waals surface area contributed by atoms with Gasteiger partial charge < -0.3 is 4.74 Å². The summed E-state index contributed by atoms with van der Waals surface area (Å²) in [5, 5.41) is 18.1. The molecule has 4 rings (SSSR count). The average Bonchev–Trinajstić information content (AvgIpc) is 3.34. The van der Waals surface area contributed by atoms with Crippen LogP contribution < -0.4 is 15.6 Å². The third-order valence-electron chi connectivity index (χ3n) is 4.61. The molecule has 4 aromatic rings. The molecule has 0 saturated carbocycles. The summed E-state index contributed by atoms with van der Waals surface area (Å²) in [5.74, 6) is -0.142. The normalized spacial score (nSPS) is 10.3. The van der Waals surface area contributed by atoms with E-state index in [2.05, 4.69) is 26.0 Å². The number of aromatic nitrogens is 4. The Balaban J connectivity index is 1.35. The third kappa shape index (κ3) is 6.01. The first kappa shape index (κ1) is 23.5. The van der Waals surface area contributed by atoms with Gasteiger partial charge in [0, 0.05) is 23.6 Å². The van der Waals surface area contributed by atoms with Crippen molar-refractivity contribution in [1.82, 2.24) is 30.6 Å². The molecule has 2 aromatic carbocycles. The molecule has 2 amide bonds. The quantitative estimate of drug-likeness (QED) is 0.287. The Labute approximate surface area is 204 Å². The van der Waals surface area contributed by atoms with E-state index in [9.17, 15) is 9.59 Å². The monoisotopic (exact) mass is 485 g/mol. The van der Waals surface area contributed by atoms with Crippen LogP contribution in [-0.2, 0) is 9.59 Å². The Bertz CT molecular complexity index is 1350. The van der Waals surface area contributed by atoms with Gasteiger partial charge >= 0.3 is 0 Å². The fourth-order valence-corrected chi connectivity index (χ4v) is 3.78. The number of nitriles is 1. The summed E-state index contributed by atoms with van der Waals surface area (Å²) in [6.45, 7) is -0.358. The Morgan fingerprint density at radius 1 is 0.971 bits per heavy atom. The third-order valence-corrected chi connectivity index (χ3v) is 5.54. The number of benzene rings is 2. The molecular formula is C24H19N7O3S. The van der Waals surface area contributed by atoms with Crippen LogP contribution in [0.2, 0.25) is 0 Å². The van der Waals surface area contributed by atoms with Gasteiger partial charge in [0.15, 0.2) is 17.6 Å². The molecule has 11 heteroatoms. The first-order chi connectivity index (χ1) is 17.2. The first-order valence-electron chi connectivity index (χ1n) is 10.4. The molecule has 0 aliphatic carbocycles. The van der Waals surface area contributed by atoms with E-state index in [1.165, 1.54) is 11.8 Å². The minimum atomic E-state index is -0.567. The number of nitrogens with one attached hydrogen (secondary N) is 2. The lowest BCUT2D eigenvalue weighted by molar-refractivity contribution is -0.128. The lowest BCUT2D eigenvalue weighted by Crippen LogP contribution is -2.44. The van der Waals surface area contributed by atoms with Crippen molar-refractivity contribution >= 4 is 23.6 Å². The second kappa shape index (κ2) is 11.4. The molecule has 0 spiro atoms. The molecule has 0 atom stereocenters. The molecule has 0 aliphatic rings. The summed E-state index contributed by atoms with van der Waals surface area (Å²) in [6.07, 6.45) is 3.37. The molecule has 0 bridgehead atoms. The van der Waals surface area contributed by atoms with Crippen LogP contribution in [-0.4, -0.2) is 43.9 Å². The highest BCUT2D eigenvalue weighted by Crippen LogP contribution is 2.27. The minimum absolute atomic E-state index is 0.0175. The van der Waals surface area contributed by atoms with Crippen LogP contribution >= 0.6 is 11.8 Å². The fraction of sp³-hybridized carbons (Fsp3) is 0.0833. The Hall–Kier alpha value is -4.69. The van der Waals surface area contributed by atoms with E-state index in [1.54, 1.807) is 36.7 Å². The van der Waals surface area contributed by atoms with Crippen molar-refractivity contribution in [3.63, 3.8) is 0 Å². The second-order valence-electron chi connectivity index (χ2n) is 7.00. The van der Waals surface area contributed by atoms with Crippen molar-refractivity contribution < 1.29 is 14.3 Å². The molecule has 0 aliphatic heterocycles. The Morgan fingerprint density at radius 3 is 2.51 bits per heavy atom. The zero-order valence-corrected chi connectivity index (χ0v) is 19.1. The van der Waals surface area contributed by atoms with E-state index in [1.807, 2.05) is 53.1 Å². The van der Waals surface area contributed by atoms with Gasteiger partial charge in [-0.15, -0.1) is 10.2 Å². The van der Waals surface area contributed by atoms with Crippen molar-refractivity contribution in [2.45, 2.75) is 5.16 Å². The summed E-state index contributed by atoms with van der Waals surface area (Å²) in [6, 6.07) is 21.8. The number of thioether (sulfide) groups is 1. The molecule has 0 unspecified atom stereocenters. The van der Waals surface area contributed by atoms with Crippen molar-refractivity contribution in [3.05, 3.63) is 84.7 Å². The van der Waals surface area contributed by atoms with Gasteiger partial charge in [0.05, 0.1) is 11.3 Å². The van der Waals surface area contributed by atoms with Gasteiger partial charge in [-0.3, -0.25) is 30.0 Å². The van der Waals surface area contributed by atoms with E-state index in [0.29, 0.717) is 16.5 Å². The van der Waals surface area contributed by atoms with Gasteiger partial charge in [-0.25, -0.2) is 0 Å². The van der Waals surface area contributed by atoms with Crippen LogP contribution in [0.3, 0.4) is 0 Å². The number of rotatable bonds is 8. The number of carbonyl (C=O) groups excluding carboxylic acids is 2. The van der Waals surface area contributed by atoms with E-state index in [0.717, 1.165) is 11.3 Å². The molecule has 2 heterocycles.